The quantitative estimate of drug-likeness (QED) is 0.762. The molecule has 0 radical (unpaired) electrons. The standard InChI is InChI=1S/C17H14BrNO2/c1-11-6-7-14(18)8-13(11)10-19-15-5-3-2-4-12(15)9-16(19)17(20)21/h2-9H,10H2,1H3,(H,20,21). The lowest BCUT2D eigenvalue weighted by Gasteiger charge is -2.11. The number of hydrogen-bond acceptors (Lipinski definition) is 1. The van der Waals surface area contributed by atoms with Crippen LogP contribution in [0.5, 0.6) is 0 Å². The third-order valence-electron chi connectivity index (χ3n) is 3.67. The molecule has 1 heterocycles. The van der Waals surface area contributed by atoms with Gasteiger partial charge in [-0.15, -0.1) is 0 Å². The number of nitrogens with zero attached hydrogens (tertiary/aromatic N) is 1. The van der Waals surface area contributed by atoms with Gasteiger partial charge in [0.25, 0.3) is 0 Å². The summed E-state index contributed by atoms with van der Waals surface area (Å²) in [4.78, 5) is 11.5. The fraction of sp³-hybridized carbons (Fsp3) is 0.118. The summed E-state index contributed by atoms with van der Waals surface area (Å²) >= 11 is 3.47. The van der Waals surface area contributed by atoms with Crippen molar-refractivity contribution in [2.45, 2.75) is 13.5 Å². The fourth-order valence-electron chi connectivity index (χ4n) is 2.54. The first kappa shape index (κ1) is 13.9. The van der Waals surface area contributed by atoms with E-state index >= 15 is 0 Å². The van der Waals surface area contributed by atoms with Crippen LogP contribution in [0.15, 0.2) is 53.0 Å². The van der Waals surface area contributed by atoms with Crippen molar-refractivity contribution in [2.24, 2.45) is 0 Å². The maximum atomic E-state index is 11.5. The molecule has 21 heavy (non-hydrogen) atoms. The van der Waals surface area contributed by atoms with Crippen LogP contribution in [0.3, 0.4) is 0 Å². The number of halogens is 1. The minimum atomic E-state index is -0.904. The number of aromatic carboxylic acids is 1. The summed E-state index contributed by atoms with van der Waals surface area (Å²) in [6.07, 6.45) is 0. The van der Waals surface area contributed by atoms with E-state index in [9.17, 15) is 9.90 Å². The average molecular weight is 344 g/mol. The van der Waals surface area contributed by atoms with Crippen LogP contribution in [0.4, 0.5) is 0 Å². The molecule has 0 amide bonds. The summed E-state index contributed by atoms with van der Waals surface area (Å²) in [5, 5.41) is 10.4. The van der Waals surface area contributed by atoms with Crippen LogP contribution < -0.4 is 0 Å². The Morgan fingerprint density at radius 3 is 2.71 bits per heavy atom. The summed E-state index contributed by atoms with van der Waals surface area (Å²) in [6.45, 7) is 2.58. The molecule has 3 nitrogen and oxygen atoms in total. The largest absolute Gasteiger partial charge is 0.477 e. The highest BCUT2D eigenvalue weighted by Crippen LogP contribution is 2.23. The van der Waals surface area contributed by atoms with Gasteiger partial charge in [0.1, 0.15) is 5.69 Å². The highest BCUT2D eigenvalue weighted by atomic mass is 79.9. The van der Waals surface area contributed by atoms with Gasteiger partial charge in [-0.25, -0.2) is 4.79 Å². The Hall–Kier alpha value is -2.07. The van der Waals surface area contributed by atoms with Gasteiger partial charge in [0, 0.05) is 21.9 Å². The van der Waals surface area contributed by atoms with Gasteiger partial charge in [-0.1, -0.05) is 40.2 Å². The van der Waals surface area contributed by atoms with Crippen molar-refractivity contribution in [3.63, 3.8) is 0 Å². The lowest BCUT2D eigenvalue weighted by atomic mass is 10.1. The van der Waals surface area contributed by atoms with E-state index < -0.39 is 5.97 Å². The number of rotatable bonds is 3. The van der Waals surface area contributed by atoms with Gasteiger partial charge in [0.05, 0.1) is 0 Å². The van der Waals surface area contributed by atoms with E-state index in [-0.39, 0.29) is 0 Å². The number of benzene rings is 2. The first-order chi connectivity index (χ1) is 10.1. The lowest BCUT2D eigenvalue weighted by molar-refractivity contribution is 0.0686. The smallest absolute Gasteiger partial charge is 0.352 e. The predicted molar refractivity (Wildman–Crippen MR) is 86.9 cm³/mol. The summed E-state index contributed by atoms with van der Waals surface area (Å²) in [6, 6.07) is 15.5. The Morgan fingerprint density at radius 1 is 1.19 bits per heavy atom. The monoisotopic (exact) mass is 343 g/mol. The van der Waals surface area contributed by atoms with Crippen LogP contribution in [0.25, 0.3) is 10.9 Å². The van der Waals surface area contributed by atoms with E-state index in [0.717, 1.165) is 26.5 Å². The zero-order valence-electron chi connectivity index (χ0n) is 11.5. The van der Waals surface area contributed by atoms with Crippen LogP contribution in [-0.4, -0.2) is 15.6 Å². The highest BCUT2D eigenvalue weighted by molar-refractivity contribution is 9.10. The Balaban J connectivity index is 2.17. The number of carbonyl (C=O) groups is 1. The topological polar surface area (TPSA) is 42.2 Å². The van der Waals surface area contributed by atoms with Gasteiger partial charge < -0.3 is 9.67 Å². The van der Waals surface area contributed by atoms with Crippen LogP contribution in [0.1, 0.15) is 21.6 Å². The zero-order valence-corrected chi connectivity index (χ0v) is 13.1. The molecule has 3 aromatic rings. The van der Waals surface area contributed by atoms with Gasteiger partial charge in [-0.3, -0.25) is 0 Å². The van der Waals surface area contributed by atoms with E-state index in [0.29, 0.717) is 12.2 Å². The number of hydrogen-bond donors (Lipinski definition) is 1. The van der Waals surface area contributed by atoms with Crippen molar-refractivity contribution in [1.29, 1.82) is 0 Å². The van der Waals surface area contributed by atoms with Gasteiger partial charge in [-0.2, -0.15) is 0 Å². The number of aryl methyl sites for hydroxylation is 1. The molecule has 0 saturated carbocycles. The van der Waals surface area contributed by atoms with E-state index in [1.807, 2.05) is 54.0 Å². The van der Waals surface area contributed by atoms with Crippen molar-refractivity contribution >= 4 is 32.8 Å². The SMILES string of the molecule is Cc1ccc(Br)cc1Cn1c(C(=O)O)cc2ccccc21. The molecule has 0 aliphatic rings. The third kappa shape index (κ3) is 2.59. The van der Waals surface area contributed by atoms with E-state index in [4.69, 9.17) is 0 Å². The maximum Gasteiger partial charge on any atom is 0.352 e. The second-order valence-electron chi connectivity index (χ2n) is 5.05. The van der Waals surface area contributed by atoms with Crippen molar-refractivity contribution in [3.8, 4) is 0 Å². The Bertz CT molecular complexity index is 836. The lowest BCUT2D eigenvalue weighted by Crippen LogP contribution is -2.10. The molecular formula is C17H14BrNO2. The zero-order chi connectivity index (χ0) is 15.0. The number of carboxylic acids is 1. The normalized spacial score (nSPS) is 11.0. The molecule has 2 aromatic carbocycles. The Morgan fingerprint density at radius 2 is 1.95 bits per heavy atom. The van der Waals surface area contributed by atoms with Crippen molar-refractivity contribution in [1.82, 2.24) is 4.57 Å². The Kier molecular flexibility index (Phi) is 3.55. The molecule has 0 bridgehead atoms. The molecule has 0 aliphatic carbocycles. The van der Waals surface area contributed by atoms with Crippen LogP contribution in [-0.2, 0) is 6.54 Å². The molecule has 0 fully saturated rings. The molecule has 0 atom stereocenters. The van der Waals surface area contributed by atoms with Crippen LogP contribution in [0, 0.1) is 6.92 Å². The van der Waals surface area contributed by atoms with E-state index in [2.05, 4.69) is 15.9 Å². The average Bonchev–Trinajstić information content (AvgIpc) is 2.82. The molecule has 3 rings (SSSR count). The fourth-order valence-corrected chi connectivity index (χ4v) is 2.95. The first-order valence-corrected chi connectivity index (χ1v) is 7.42. The molecule has 4 heteroatoms. The number of carboxylic acid groups (broad SMARTS) is 1. The highest BCUT2D eigenvalue weighted by Gasteiger charge is 2.15. The minimum absolute atomic E-state index is 0.315. The van der Waals surface area contributed by atoms with Gasteiger partial charge in [0.15, 0.2) is 0 Å². The molecular weight excluding hydrogens is 330 g/mol. The van der Waals surface area contributed by atoms with E-state index in [1.54, 1.807) is 6.07 Å². The summed E-state index contributed by atoms with van der Waals surface area (Å²) in [5.41, 5.74) is 3.50. The van der Waals surface area contributed by atoms with Gasteiger partial charge in [0.2, 0.25) is 0 Å². The van der Waals surface area contributed by atoms with Crippen LogP contribution >= 0.6 is 15.9 Å². The van der Waals surface area contributed by atoms with Crippen molar-refractivity contribution in [3.05, 3.63) is 69.8 Å². The summed E-state index contributed by atoms with van der Waals surface area (Å²) in [7, 11) is 0. The van der Waals surface area contributed by atoms with Crippen LogP contribution in [0.2, 0.25) is 0 Å². The second kappa shape index (κ2) is 5.37. The van der Waals surface area contributed by atoms with Gasteiger partial charge in [-0.05, 0) is 42.3 Å². The molecule has 1 N–H and O–H groups in total. The third-order valence-corrected chi connectivity index (χ3v) is 4.16. The molecule has 0 saturated heterocycles. The van der Waals surface area contributed by atoms with Crippen molar-refractivity contribution in [2.75, 3.05) is 0 Å². The predicted octanol–water partition coefficient (Wildman–Crippen LogP) is 4.46. The maximum absolute atomic E-state index is 11.5. The summed E-state index contributed by atoms with van der Waals surface area (Å²) in [5.74, 6) is -0.904. The molecule has 0 unspecified atom stereocenters. The molecule has 0 aliphatic heterocycles. The van der Waals surface area contributed by atoms with E-state index in [1.165, 1.54) is 0 Å². The first-order valence-electron chi connectivity index (χ1n) is 6.63. The molecule has 0 spiro atoms. The second-order valence-corrected chi connectivity index (χ2v) is 5.97. The summed E-state index contributed by atoms with van der Waals surface area (Å²) < 4.78 is 2.85. The minimum Gasteiger partial charge on any atom is -0.477 e. The molecule has 1 aromatic heterocycles. The number of fused-ring (bicyclic) bond motifs is 1. The Labute approximate surface area is 131 Å². The number of aromatic nitrogens is 1. The molecule has 106 valence electrons. The number of para-hydroxylation sites is 1. The van der Waals surface area contributed by atoms with Gasteiger partial charge >= 0.3 is 5.97 Å². The van der Waals surface area contributed by atoms with Crippen molar-refractivity contribution < 1.29 is 9.90 Å².